The molecule has 0 aromatic heterocycles. The van der Waals surface area contributed by atoms with E-state index in [0.717, 1.165) is 6.54 Å². The van der Waals surface area contributed by atoms with Gasteiger partial charge in [-0.25, -0.2) is 4.39 Å². The van der Waals surface area contributed by atoms with Gasteiger partial charge in [-0.05, 0) is 6.54 Å². The quantitative estimate of drug-likeness (QED) is 0.509. The summed E-state index contributed by atoms with van der Waals surface area (Å²) in [4.78, 5) is 0. The SMILES string of the molecule is CCNCCF.[HH]. The largest absolute Gasteiger partial charge is 0.314 e. The molecule has 0 atom stereocenters. The number of halogens is 1. The van der Waals surface area contributed by atoms with E-state index in [4.69, 9.17) is 0 Å². The molecular formula is C4H12FN. The minimum Gasteiger partial charge on any atom is -0.314 e. The fourth-order valence-electron chi connectivity index (χ4n) is 0.244. The molecule has 0 aromatic carbocycles. The second kappa shape index (κ2) is 4.89. The number of rotatable bonds is 3. The Kier molecular flexibility index (Phi) is 4.80. The Bertz CT molecular complexity index is 23.7. The summed E-state index contributed by atoms with van der Waals surface area (Å²) in [5, 5.41) is 2.82. The number of nitrogens with one attached hydrogen (secondary N) is 1. The van der Waals surface area contributed by atoms with Crippen molar-refractivity contribution in [2.24, 2.45) is 0 Å². The Hall–Kier alpha value is -0.110. The molecular weight excluding hydrogens is 81.0 g/mol. The van der Waals surface area contributed by atoms with Crippen molar-refractivity contribution >= 4 is 0 Å². The summed E-state index contributed by atoms with van der Waals surface area (Å²) in [5.41, 5.74) is 0. The van der Waals surface area contributed by atoms with Crippen molar-refractivity contribution in [1.82, 2.24) is 5.32 Å². The standard InChI is InChI=1S/C4H10FN.H2/c1-2-6-4-3-5;/h6H,2-4H2,1H3;1H. The zero-order valence-corrected chi connectivity index (χ0v) is 4.00. The van der Waals surface area contributed by atoms with E-state index in [-0.39, 0.29) is 8.10 Å². The maximum atomic E-state index is 11.1. The predicted molar refractivity (Wildman–Crippen MR) is 26.6 cm³/mol. The van der Waals surface area contributed by atoms with E-state index in [9.17, 15) is 4.39 Å². The summed E-state index contributed by atoms with van der Waals surface area (Å²) in [5.74, 6) is 0. The average molecular weight is 93.1 g/mol. The van der Waals surface area contributed by atoms with Gasteiger partial charge in [0.15, 0.2) is 0 Å². The summed E-state index contributed by atoms with van der Waals surface area (Å²) in [6.45, 7) is 3.06. The summed E-state index contributed by atoms with van der Waals surface area (Å²) in [6, 6.07) is 0. The molecule has 1 N–H and O–H groups in total. The molecule has 0 heterocycles. The zero-order valence-electron chi connectivity index (χ0n) is 4.00. The van der Waals surface area contributed by atoms with Crippen molar-refractivity contribution in [3.05, 3.63) is 0 Å². The maximum Gasteiger partial charge on any atom is 0.102 e. The lowest BCUT2D eigenvalue weighted by Crippen LogP contribution is -2.14. The Morgan fingerprint density at radius 2 is 2.50 bits per heavy atom. The first kappa shape index (κ1) is 5.89. The van der Waals surface area contributed by atoms with Gasteiger partial charge in [0.1, 0.15) is 6.67 Å². The van der Waals surface area contributed by atoms with Crippen LogP contribution in [0, 0.1) is 0 Å². The van der Waals surface area contributed by atoms with Crippen LogP contribution in [0.2, 0.25) is 0 Å². The Morgan fingerprint density at radius 3 is 2.67 bits per heavy atom. The van der Waals surface area contributed by atoms with Gasteiger partial charge in [0, 0.05) is 7.97 Å². The molecule has 0 aliphatic carbocycles. The minimum atomic E-state index is -0.256. The number of alkyl halides is 1. The van der Waals surface area contributed by atoms with Crippen molar-refractivity contribution in [1.29, 1.82) is 0 Å². The topological polar surface area (TPSA) is 12.0 Å². The number of hydrogen-bond acceptors (Lipinski definition) is 1. The van der Waals surface area contributed by atoms with E-state index >= 15 is 0 Å². The Labute approximate surface area is 39.0 Å². The number of hydrogen-bond donors (Lipinski definition) is 1. The highest BCUT2D eigenvalue weighted by molar-refractivity contribution is 4.35. The normalized spacial score (nSPS) is 9.00. The maximum absolute atomic E-state index is 11.1. The van der Waals surface area contributed by atoms with Crippen molar-refractivity contribution in [3.8, 4) is 0 Å². The van der Waals surface area contributed by atoms with Crippen LogP contribution >= 0.6 is 0 Å². The van der Waals surface area contributed by atoms with Crippen LogP contribution in [0.3, 0.4) is 0 Å². The van der Waals surface area contributed by atoms with Gasteiger partial charge >= 0.3 is 0 Å². The molecule has 0 saturated carbocycles. The second-order valence-electron chi connectivity index (χ2n) is 1.04. The van der Waals surface area contributed by atoms with Gasteiger partial charge in [-0.1, -0.05) is 6.92 Å². The van der Waals surface area contributed by atoms with Gasteiger partial charge in [-0.15, -0.1) is 0 Å². The van der Waals surface area contributed by atoms with Crippen LogP contribution in [0.5, 0.6) is 0 Å². The van der Waals surface area contributed by atoms with Gasteiger partial charge in [-0.2, -0.15) is 0 Å². The first-order chi connectivity index (χ1) is 2.91. The van der Waals surface area contributed by atoms with E-state index in [1.807, 2.05) is 6.92 Å². The fourth-order valence-corrected chi connectivity index (χ4v) is 0.244. The van der Waals surface area contributed by atoms with Gasteiger partial charge < -0.3 is 5.32 Å². The molecule has 0 spiro atoms. The zero-order chi connectivity index (χ0) is 4.83. The van der Waals surface area contributed by atoms with E-state index in [1.54, 1.807) is 0 Å². The third kappa shape index (κ3) is 3.89. The van der Waals surface area contributed by atoms with Crippen LogP contribution in [0.25, 0.3) is 0 Å². The second-order valence-corrected chi connectivity index (χ2v) is 1.04. The van der Waals surface area contributed by atoms with E-state index < -0.39 is 0 Å². The summed E-state index contributed by atoms with van der Waals surface area (Å²) in [7, 11) is 0. The van der Waals surface area contributed by atoms with Crippen LogP contribution in [0.4, 0.5) is 4.39 Å². The van der Waals surface area contributed by atoms with E-state index in [0.29, 0.717) is 6.54 Å². The highest BCUT2D eigenvalue weighted by atomic mass is 19.1. The molecule has 0 rings (SSSR count). The molecule has 6 heavy (non-hydrogen) atoms. The van der Waals surface area contributed by atoms with Crippen molar-refractivity contribution in [3.63, 3.8) is 0 Å². The van der Waals surface area contributed by atoms with Gasteiger partial charge in [-0.3, -0.25) is 0 Å². The van der Waals surface area contributed by atoms with Gasteiger partial charge in [0.05, 0.1) is 0 Å². The summed E-state index contributed by atoms with van der Waals surface area (Å²) in [6.07, 6.45) is 0. The van der Waals surface area contributed by atoms with Gasteiger partial charge in [0.25, 0.3) is 0 Å². The van der Waals surface area contributed by atoms with Crippen molar-refractivity contribution < 1.29 is 5.82 Å². The lowest BCUT2D eigenvalue weighted by Gasteiger charge is -1.89. The first-order valence-corrected chi connectivity index (χ1v) is 2.18. The molecule has 0 saturated heterocycles. The van der Waals surface area contributed by atoms with E-state index in [2.05, 4.69) is 5.32 Å². The van der Waals surface area contributed by atoms with Crippen molar-refractivity contribution in [2.75, 3.05) is 19.8 Å². The summed E-state index contributed by atoms with van der Waals surface area (Å²) >= 11 is 0. The molecule has 0 aliphatic heterocycles. The lowest BCUT2D eigenvalue weighted by atomic mass is 10.6. The Morgan fingerprint density at radius 1 is 1.83 bits per heavy atom. The molecule has 0 aromatic rings. The molecule has 0 radical (unpaired) electrons. The highest BCUT2D eigenvalue weighted by Gasteiger charge is 1.74. The molecule has 0 fully saturated rings. The highest BCUT2D eigenvalue weighted by Crippen LogP contribution is 1.59. The van der Waals surface area contributed by atoms with Crippen molar-refractivity contribution in [2.45, 2.75) is 6.92 Å². The molecule has 0 bridgehead atoms. The predicted octanol–water partition coefficient (Wildman–Crippen LogP) is 0.811. The molecule has 1 nitrogen and oxygen atoms in total. The minimum absolute atomic E-state index is 0. The smallest absolute Gasteiger partial charge is 0.102 e. The first-order valence-electron chi connectivity index (χ1n) is 2.18. The monoisotopic (exact) mass is 93.1 g/mol. The molecule has 0 amide bonds. The third-order valence-corrected chi connectivity index (χ3v) is 0.521. The average Bonchev–Trinajstić information content (AvgIpc) is 1.61. The van der Waals surface area contributed by atoms with Crippen LogP contribution < -0.4 is 5.32 Å². The van der Waals surface area contributed by atoms with Crippen LogP contribution in [0.15, 0.2) is 0 Å². The van der Waals surface area contributed by atoms with Crippen LogP contribution in [0.1, 0.15) is 8.35 Å². The van der Waals surface area contributed by atoms with Gasteiger partial charge in [0.2, 0.25) is 0 Å². The fraction of sp³-hybridized carbons (Fsp3) is 1.00. The Balaban J connectivity index is 0. The molecule has 0 unspecified atom stereocenters. The van der Waals surface area contributed by atoms with E-state index in [1.165, 1.54) is 0 Å². The molecule has 40 valence electrons. The summed E-state index contributed by atoms with van der Waals surface area (Å²) < 4.78 is 11.1. The molecule has 0 aliphatic rings. The lowest BCUT2D eigenvalue weighted by molar-refractivity contribution is 0.472. The third-order valence-electron chi connectivity index (χ3n) is 0.521. The van der Waals surface area contributed by atoms with Crippen LogP contribution in [-0.4, -0.2) is 19.8 Å². The van der Waals surface area contributed by atoms with Crippen LogP contribution in [-0.2, 0) is 0 Å². The molecule has 2 heteroatoms.